The van der Waals surface area contributed by atoms with Crippen molar-refractivity contribution in [3.63, 3.8) is 0 Å². The van der Waals surface area contributed by atoms with Crippen LogP contribution in [0.15, 0.2) is 36.4 Å². The number of carbonyl (C=O) groups is 2. The number of phenolic OH excluding ortho intramolecular Hbond substituents is 1. The fourth-order valence-corrected chi connectivity index (χ4v) is 3.95. The molecule has 2 aliphatic rings. The van der Waals surface area contributed by atoms with Crippen LogP contribution in [0.5, 0.6) is 5.75 Å². The van der Waals surface area contributed by atoms with E-state index in [1.807, 2.05) is 12.1 Å². The summed E-state index contributed by atoms with van der Waals surface area (Å²) in [5.74, 6) is -2.12. The number of rotatable bonds is 4. The van der Waals surface area contributed by atoms with Crippen molar-refractivity contribution in [2.45, 2.75) is 18.9 Å². The maximum absolute atomic E-state index is 13.9. The molecule has 2 saturated heterocycles. The summed E-state index contributed by atoms with van der Waals surface area (Å²) < 4.78 is 19.8. The minimum atomic E-state index is -0.985. The molecule has 2 aromatic rings. The first kappa shape index (κ1) is 19.4. The fraction of sp³-hybridized carbons (Fsp3) is 0.364. The SMILES string of the molecule is O=Cc1cc(C(=O)N2CCOC(c3cccc(N4CCCC4)c3)C2)cc(F)c1O. The van der Waals surface area contributed by atoms with Crippen molar-refractivity contribution in [2.24, 2.45) is 0 Å². The molecule has 152 valence electrons. The van der Waals surface area contributed by atoms with Crippen molar-refractivity contribution >= 4 is 17.9 Å². The lowest BCUT2D eigenvalue weighted by atomic mass is 10.0. The molecule has 2 heterocycles. The predicted molar refractivity (Wildman–Crippen MR) is 106 cm³/mol. The largest absolute Gasteiger partial charge is 0.504 e. The number of morpholine rings is 1. The average molecular weight is 398 g/mol. The van der Waals surface area contributed by atoms with Gasteiger partial charge in [0.1, 0.15) is 6.10 Å². The molecular weight excluding hydrogens is 375 g/mol. The zero-order valence-corrected chi connectivity index (χ0v) is 16.0. The molecule has 6 nitrogen and oxygen atoms in total. The number of amides is 1. The van der Waals surface area contributed by atoms with Crippen LogP contribution in [0.25, 0.3) is 0 Å². The van der Waals surface area contributed by atoms with Crippen molar-refractivity contribution in [2.75, 3.05) is 37.7 Å². The van der Waals surface area contributed by atoms with Crippen molar-refractivity contribution in [3.8, 4) is 5.75 Å². The molecule has 1 amide bonds. The Morgan fingerprint density at radius 3 is 2.72 bits per heavy atom. The van der Waals surface area contributed by atoms with Crippen LogP contribution in [0.1, 0.15) is 45.2 Å². The first-order chi connectivity index (χ1) is 14.1. The van der Waals surface area contributed by atoms with Gasteiger partial charge in [-0.05, 0) is 42.7 Å². The number of aromatic hydroxyl groups is 1. The summed E-state index contributed by atoms with van der Waals surface area (Å²) in [5.41, 5.74) is 1.95. The number of benzene rings is 2. The average Bonchev–Trinajstić information content (AvgIpc) is 3.30. The summed E-state index contributed by atoms with van der Waals surface area (Å²) in [6.45, 7) is 3.17. The van der Waals surface area contributed by atoms with Gasteiger partial charge < -0.3 is 19.6 Å². The van der Waals surface area contributed by atoms with Crippen molar-refractivity contribution in [1.29, 1.82) is 0 Å². The van der Waals surface area contributed by atoms with Gasteiger partial charge >= 0.3 is 0 Å². The molecule has 1 atom stereocenters. The smallest absolute Gasteiger partial charge is 0.254 e. The van der Waals surface area contributed by atoms with E-state index < -0.39 is 17.5 Å². The summed E-state index contributed by atoms with van der Waals surface area (Å²) in [6.07, 6.45) is 2.44. The molecule has 1 N–H and O–H groups in total. The van der Waals surface area contributed by atoms with Gasteiger partial charge in [-0.3, -0.25) is 9.59 Å². The van der Waals surface area contributed by atoms with Crippen molar-refractivity contribution < 1.29 is 23.8 Å². The molecule has 0 aromatic heterocycles. The number of anilines is 1. The summed E-state index contributed by atoms with van der Waals surface area (Å²) in [7, 11) is 0. The molecule has 29 heavy (non-hydrogen) atoms. The van der Waals surface area contributed by atoms with E-state index in [-0.39, 0.29) is 17.2 Å². The number of halogens is 1. The zero-order valence-electron chi connectivity index (χ0n) is 16.0. The molecule has 0 aliphatic carbocycles. The van der Waals surface area contributed by atoms with Crippen molar-refractivity contribution in [3.05, 3.63) is 58.9 Å². The highest BCUT2D eigenvalue weighted by Crippen LogP contribution is 2.29. The fourth-order valence-electron chi connectivity index (χ4n) is 3.95. The standard InChI is InChI=1S/C22H23FN2O4/c23-19-12-16(10-17(14-26)21(19)27)22(28)25-8-9-29-20(13-25)15-4-3-5-18(11-15)24-6-1-2-7-24/h3-5,10-12,14,20,27H,1-2,6-9,13H2. The van der Waals surface area contributed by atoms with Crippen LogP contribution < -0.4 is 4.90 Å². The minimum absolute atomic E-state index is 0.0360. The Morgan fingerprint density at radius 2 is 1.97 bits per heavy atom. The molecule has 2 fully saturated rings. The lowest BCUT2D eigenvalue weighted by Crippen LogP contribution is -2.42. The van der Waals surface area contributed by atoms with Crippen LogP contribution in [0, 0.1) is 5.82 Å². The maximum atomic E-state index is 13.9. The van der Waals surface area contributed by atoms with Gasteiger partial charge in [-0.15, -0.1) is 0 Å². The van der Waals surface area contributed by atoms with Crippen LogP contribution in [-0.4, -0.2) is 55.0 Å². The van der Waals surface area contributed by atoms with Gasteiger partial charge in [0.2, 0.25) is 0 Å². The molecule has 0 saturated carbocycles. The van der Waals surface area contributed by atoms with E-state index in [0.29, 0.717) is 26.0 Å². The molecule has 0 spiro atoms. The van der Waals surface area contributed by atoms with Gasteiger partial charge in [0.15, 0.2) is 17.9 Å². The number of hydrogen-bond acceptors (Lipinski definition) is 5. The highest BCUT2D eigenvalue weighted by Gasteiger charge is 2.28. The lowest BCUT2D eigenvalue weighted by Gasteiger charge is -2.33. The summed E-state index contributed by atoms with van der Waals surface area (Å²) >= 11 is 0. The monoisotopic (exact) mass is 398 g/mol. The summed E-state index contributed by atoms with van der Waals surface area (Å²) in [6, 6.07) is 10.4. The Morgan fingerprint density at radius 1 is 1.17 bits per heavy atom. The second-order valence-corrected chi connectivity index (χ2v) is 7.41. The molecule has 2 aromatic carbocycles. The maximum Gasteiger partial charge on any atom is 0.254 e. The van der Waals surface area contributed by atoms with Gasteiger partial charge in [0, 0.05) is 30.9 Å². The molecule has 1 unspecified atom stereocenters. The Hall–Kier alpha value is -2.93. The predicted octanol–water partition coefficient (Wildman–Crippen LogP) is 3.16. The van der Waals surface area contributed by atoms with Crippen LogP contribution in [-0.2, 0) is 4.74 Å². The molecule has 0 radical (unpaired) electrons. The highest BCUT2D eigenvalue weighted by atomic mass is 19.1. The van der Waals surface area contributed by atoms with E-state index in [9.17, 15) is 19.1 Å². The number of phenols is 1. The second-order valence-electron chi connectivity index (χ2n) is 7.41. The Balaban J connectivity index is 1.53. The Labute approximate surface area is 168 Å². The van der Waals surface area contributed by atoms with Crippen LogP contribution >= 0.6 is 0 Å². The van der Waals surface area contributed by atoms with Crippen LogP contribution in [0.3, 0.4) is 0 Å². The first-order valence-corrected chi connectivity index (χ1v) is 9.80. The van der Waals surface area contributed by atoms with E-state index >= 15 is 0 Å². The van der Waals surface area contributed by atoms with E-state index in [0.717, 1.165) is 30.4 Å². The lowest BCUT2D eigenvalue weighted by molar-refractivity contribution is -0.0228. The number of ether oxygens (including phenoxy) is 1. The van der Waals surface area contributed by atoms with Crippen LogP contribution in [0.4, 0.5) is 10.1 Å². The van der Waals surface area contributed by atoms with Gasteiger partial charge in [-0.1, -0.05) is 12.1 Å². The Kier molecular flexibility index (Phi) is 5.49. The quantitative estimate of drug-likeness (QED) is 0.802. The van der Waals surface area contributed by atoms with Gasteiger partial charge in [-0.25, -0.2) is 4.39 Å². The second kappa shape index (κ2) is 8.21. The minimum Gasteiger partial charge on any atom is -0.504 e. The number of aldehydes is 1. The summed E-state index contributed by atoms with van der Waals surface area (Å²) in [5, 5.41) is 9.57. The highest BCUT2D eigenvalue weighted by molar-refractivity contribution is 5.96. The molecule has 0 bridgehead atoms. The third kappa shape index (κ3) is 3.96. The topological polar surface area (TPSA) is 70.1 Å². The number of nitrogens with zero attached hydrogens (tertiary/aromatic N) is 2. The summed E-state index contributed by atoms with van der Waals surface area (Å²) in [4.78, 5) is 27.9. The first-order valence-electron chi connectivity index (χ1n) is 9.80. The van der Waals surface area contributed by atoms with Crippen LogP contribution in [0.2, 0.25) is 0 Å². The zero-order chi connectivity index (χ0) is 20.4. The van der Waals surface area contributed by atoms with E-state index in [1.54, 1.807) is 4.90 Å². The number of hydrogen-bond donors (Lipinski definition) is 1. The third-order valence-corrected chi connectivity index (χ3v) is 5.53. The molecule has 2 aliphatic heterocycles. The van der Waals surface area contributed by atoms with Gasteiger partial charge in [-0.2, -0.15) is 0 Å². The van der Waals surface area contributed by atoms with E-state index in [4.69, 9.17) is 4.74 Å². The van der Waals surface area contributed by atoms with Crippen molar-refractivity contribution in [1.82, 2.24) is 4.90 Å². The molecule has 4 rings (SSSR count). The third-order valence-electron chi connectivity index (χ3n) is 5.53. The Bertz CT molecular complexity index is 927. The van der Waals surface area contributed by atoms with Gasteiger partial charge in [0.05, 0.1) is 18.7 Å². The normalized spacial score (nSPS) is 19.4. The molecular formula is C22H23FN2O4. The van der Waals surface area contributed by atoms with E-state index in [2.05, 4.69) is 17.0 Å². The molecule has 7 heteroatoms. The number of carbonyl (C=O) groups excluding carboxylic acids is 2. The van der Waals surface area contributed by atoms with E-state index in [1.165, 1.54) is 18.9 Å². The van der Waals surface area contributed by atoms with Gasteiger partial charge in [0.25, 0.3) is 5.91 Å².